The van der Waals surface area contributed by atoms with E-state index in [1.807, 2.05) is 19.2 Å². The first-order valence-electron chi connectivity index (χ1n) is 11.9. The minimum Gasteiger partial charge on any atom is -0.371 e. The van der Waals surface area contributed by atoms with Crippen LogP contribution >= 0.6 is 0 Å². The molecule has 2 aromatic rings. The lowest BCUT2D eigenvalue weighted by atomic mass is 9.80. The highest BCUT2D eigenvalue weighted by Crippen LogP contribution is 2.32. The Hall–Kier alpha value is -3.08. The predicted octanol–water partition coefficient (Wildman–Crippen LogP) is 6.56. The van der Waals surface area contributed by atoms with Crippen LogP contribution in [0.25, 0.3) is 0 Å². The summed E-state index contributed by atoms with van der Waals surface area (Å²) in [6.45, 7) is 19.3. The van der Waals surface area contributed by atoms with Gasteiger partial charge in [0.2, 0.25) is 5.95 Å². The summed E-state index contributed by atoms with van der Waals surface area (Å²) in [5.74, 6) is 1.86. The summed E-state index contributed by atoms with van der Waals surface area (Å²) < 4.78 is 0. The summed E-state index contributed by atoms with van der Waals surface area (Å²) >= 11 is 0. The highest BCUT2D eigenvalue weighted by molar-refractivity contribution is 5.59. The lowest BCUT2D eigenvalue weighted by Crippen LogP contribution is -2.31. The third-order valence-corrected chi connectivity index (χ3v) is 5.63. The second-order valence-corrected chi connectivity index (χ2v) is 10.1. The standard InChI is InChI=1S/C28H39N5/c1-20(2)18-33(19-21(3)4)25-10-8-23(9-11-25)31-27-29-17-14-26(32-27)28(7)15-12-24(13-16-28)30-22(5)6/h8-15,17,20-21,30H,5,16,18-19H2,1-4,6-7H3,(H,29,31,32). The Balaban J connectivity index is 1.71. The Morgan fingerprint density at radius 3 is 2.30 bits per heavy atom. The molecule has 1 heterocycles. The minimum absolute atomic E-state index is 0.169. The molecule has 0 bridgehead atoms. The number of rotatable bonds is 10. The molecule has 0 aliphatic heterocycles. The van der Waals surface area contributed by atoms with Crippen LogP contribution in [-0.2, 0) is 5.41 Å². The van der Waals surface area contributed by atoms with Crippen molar-refractivity contribution in [1.29, 1.82) is 0 Å². The molecule has 1 aromatic carbocycles. The molecule has 1 unspecified atom stereocenters. The summed E-state index contributed by atoms with van der Waals surface area (Å²) in [5, 5.41) is 6.66. The molecule has 33 heavy (non-hydrogen) atoms. The SMILES string of the molecule is C=C(C)NC1=CCC(C)(c2ccnc(Nc3ccc(N(CC(C)C)CC(C)C)cc3)n2)C=C1. The molecule has 0 fully saturated rings. The molecule has 5 nitrogen and oxygen atoms in total. The van der Waals surface area contributed by atoms with Crippen LogP contribution in [0.5, 0.6) is 0 Å². The van der Waals surface area contributed by atoms with Gasteiger partial charge in [-0.15, -0.1) is 0 Å². The average molecular weight is 446 g/mol. The fourth-order valence-corrected chi connectivity index (χ4v) is 4.05. The summed E-state index contributed by atoms with van der Waals surface area (Å²) in [5.41, 5.74) is 5.09. The maximum absolute atomic E-state index is 4.83. The van der Waals surface area contributed by atoms with Crippen molar-refractivity contribution in [2.75, 3.05) is 23.3 Å². The zero-order chi connectivity index (χ0) is 24.0. The van der Waals surface area contributed by atoms with Crippen molar-refractivity contribution in [2.24, 2.45) is 11.8 Å². The zero-order valence-electron chi connectivity index (χ0n) is 21.0. The van der Waals surface area contributed by atoms with Crippen molar-refractivity contribution >= 4 is 17.3 Å². The molecule has 0 saturated carbocycles. The third-order valence-electron chi connectivity index (χ3n) is 5.63. The van der Waals surface area contributed by atoms with Gasteiger partial charge in [-0.25, -0.2) is 9.97 Å². The Morgan fingerprint density at radius 2 is 1.76 bits per heavy atom. The topological polar surface area (TPSA) is 53.1 Å². The van der Waals surface area contributed by atoms with Gasteiger partial charge in [0.15, 0.2) is 0 Å². The highest BCUT2D eigenvalue weighted by atomic mass is 15.1. The van der Waals surface area contributed by atoms with E-state index in [0.717, 1.165) is 42.3 Å². The van der Waals surface area contributed by atoms with Crippen LogP contribution < -0.4 is 15.5 Å². The normalized spacial score (nSPS) is 17.8. The second kappa shape index (κ2) is 10.7. The molecule has 1 atom stereocenters. The van der Waals surface area contributed by atoms with E-state index in [-0.39, 0.29) is 5.41 Å². The molecule has 1 aliphatic carbocycles. The zero-order valence-corrected chi connectivity index (χ0v) is 21.0. The van der Waals surface area contributed by atoms with E-state index in [2.05, 4.69) is 104 Å². The van der Waals surface area contributed by atoms with E-state index in [0.29, 0.717) is 17.8 Å². The van der Waals surface area contributed by atoms with E-state index in [1.54, 1.807) is 0 Å². The van der Waals surface area contributed by atoms with Gasteiger partial charge in [-0.1, -0.05) is 53.3 Å². The third kappa shape index (κ3) is 6.95. The Morgan fingerprint density at radius 1 is 1.09 bits per heavy atom. The molecule has 3 rings (SSSR count). The summed E-state index contributed by atoms with van der Waals surface area (Å²) in [6, 6.07) is 10.6. The first-order valence-corrected chi connectivity index (χ1v) is 11.9. The largest absolute Gasteiger partial charge is 0.371 e. The highest BCUT2D eigenvalue weighted by Gasteiger charge is 2.27. The smallest absolute Gasteiger partial charge is 0.227 e. The lowest BCUT2D eigenvalue weighted by molar-refractivity contribution is 0.553. The Bertz CT molecular complexity index is 993. The van der Waals surface area contributed by atoms with Crippen molar-refractivity contribution in [3.63, 3.8) is 0 Å². The number of allylic oxidation sites excluding steroid dienone is 4. The van der Waals surface area contributed by atoms with Crippen molar-refractivity contribution in [1.82, 2.24) is 15.3 Å². The van der Waals surface area contributed by atoms with Gasteiger partial charge in [-0.05, 0) is 61.6 Å². The molecule has 0 spiro atoms. The Kier molecular flexibility index (Phi) is 7.96. The minimum atomic E-state index is -0.169. The number of anilines is 3. The number of hydrogen-bond acceptors (Lipinski definition) is 5. The first kappa shape index (κ1) is 24.6. The molecule has 0 amide bonds. The van der Waals surface area contributed by atoms with Crippen LogP contribution in [0.4, 0.5) is 17.3 Å². The van der Waals surface area contributed by atoms with Gasteiger partial charge in [-0.2, -0.15) is 0 Å². The van der Waals surface area contributed by atoms with Crippen molar-refractivity contribution < 1.29 is 0 Å². The van der Waals surface area contributed by atoms with Gasteiger partial charge in [0, 0.05) is 47.5 Å². The van der Waals surface area contributed by atoms with Crippen LogP contribution in [0, 0.1) is 11.8 Å². The monoisotopic (exact) mass is 445 g/mol. The molecule has 0 saturated heterocycles. The molecule has 176 valence electrons. The van der Waals surface area contributed by atoms with Gasteiger partial charge in [0.05, 0.1) is 5.69 Å². The quantitative estimate of drug-likeness (QED) is 0.433. The van der Waals surface area contributed by atoms with E-state index in [4.69, 9.17) is 4.98 Å². The molecule has 0 radical (unpaired) electrons. The van der Waals surface area contributed by atoms with Gasteiger partial charge >= 0.3 is 0 Å². The number of hydrogen-bond donors (Lipinski definition) is 2. The van der Waals surface area contributed by atoms with E-state index < -0.39 is 0 Å². The molecule has 1 aromatic heterocycles. The van der Waals surface area contributed by atoms with Gasteiger partial charge in [0.25, 0.3) is 0 Å². The lowest BCUT2D eigenvalue weighted by Gasteiger charge is -2.29. The van der Waals surface area contributed by atoms with Gasteiger partial charge < -0.3 is 15.5 Å². The maximum atomic E-state index is 4.83. The maximum Gasteiger partial charge on any atom is 0.227 e. The number of nitrogens with one attached hydrogen (secondary N) is 2. The Labute approximate surface area is 199 Å². The number of aromatic nitrogens is 2. The fourth-order valence-electron chi connectivity index (χ4n) is 4.05. The van der Waals surface area contributed by atoms with Crippen LogP contribution in [0.2, 0.25) is 0 Å². The molecular weight excluding hydrogens is 406 g/mol. The predicted molar refractivity (Wildman–Crippen MR) is 141 cm³/mol. The van der Waals surface area contributed by atoms with E-state index in [1.165, 1.54) is 5.69 Å². The summed E-state index contributed by atoms with van der Waals surface area (Å²) in [4.78, 5) is 11.8. The summed E-state index contributed by atoms with van der Waals surface area (Å²) in [7, 11) is 0. The van der Waals surface area contributed by atoms with Gasteiger partial charge in [-0.3, -0.25) is 0 Å². The fraction of sp³-hybridized carbons (Fsp3) is 0.429. The number of benzene rings is 1. The van der Waals surface area contributed by atoms with E-state index in [9.17, 15) is 0 Å². The van der Waals surface area contributed by atoms with Crippen molar-refractivity contribution in [3.05, 3.63) is 78.4 Å². The first-order chi connectivity index (χ1) is 15.6. The van der Waals surface area contributed by atoms with Crippen LogP contribution in [0.15, 0.2) is 72.7 Å². The number of nitrogens with zero attached hydrogens (tertiary/aromatic N) is 3. The van der Waals surface area contributed by atoms with E-state index >= 15 is 0 Å². The summed E-state index contributed by atoms with van der Waals surface area (Å²) in [6.07, 6.45) is 9.20. The van der Waals surface area contributed by atoms with Gasteiger partial charge in [0.1, 0.15) is 0 Å². The molecule has 1 aliphatic rings. The second-order valence-electron chi connectivity index (χ2n) is 10.1. The molecule has 2 N–H and O–H groups in total. The molecule has 5 heteroatoms. The average Bonchev–Trinajstić information content (AvgIpc) is 2.75. The van der Waals surface area contributed by atoms with Crippen LogP contribution in [-0.4, -0.2) is 23.1 Å². The van der Waals surface area contributed by atoms with Crippen LogP contribution in [0.1, 0.15) is 53.7 Å². The van der Waals surface area contributed by atoms with Crippen LogP contribution in [0.3, 0.4) is 0 Å². The van der Waals surface area contributed by atoms with Crippen molar-refractivity contribution in [2.45, 2.75) is 53.4 Å². The molecular formula is C28H39N5. The van der Waals surface area contributed by atoms with Crippen molar-refractivity contribution in [3.8, 4) is 0 Å².